The molecule has 132 valence electrons. The molecule has 1 aromatic heterocycles. The number of rotatable bonds is 4. The maximum absolute atomic E-state index is 13.2. The number of amides is 2. The van der Waals surface area contributed by atoms with Gasteiger partial charge in [0.2, 0.25) is 0 Å². The molecule has 0 spiro atoms. The molecular weight excluding hydrogens is 327 g/mol. The molecule has 1 aromatic carbocycles. The number of benzene rings is 1. The van der Waals surface area contributed by atoms with Gasteiger partial charge in [0, 0.05) is 31.9 Å². The largest absolute Gasteiger partial charge is 0.481 e. The summed E-state index contributed by atoms with van der Waals surface area (Å²) in [6, 6.07) is 5.05. The van der Waals surface area contributed by atoms with Gasteiger partial charge in [0.15, 0.2) is 0 Å². The minimum absolute atomic E-state index is 0.185. The van der Waals surface area contributed by atoms with Crippen LogP contribution in [0.2, 0.25) is 0 Å². The van der Waals surface area contributed by atoms with Crippen molar-refractivity contribution in [1.29, 1.82) is 0 Å². The summed E-state index contributed by atoms with van der Waals surface area (Å²) < 4.78 is 14.8. The highest BCUT2D eigenvalue weighted by Gasteiger charge is 2.32. The summed E-state index contributed by atoms with van der Waals surface area (Å²) in [6.45, 7) is 0.580. The first-order valence-electron chi connectivity index (χ1n) is 7.96. The van der Waals surface area contributed by atoms with Gasteiger partial charge in [-0.25, -0.2) is 9.18 Å². The Morgan fingerprint density at radius 3 is 2.60 bits per heavy atom. The Hall–Kier alpha value is -2.90. The molecule has 3 rings (SSSR count). The molecular formula is C17H19FN4O3. The molecule has 0 bridgehead atoms. The third-order valence-corrected chi connectivity index (χ3v) is 4.35. The predicted molar refractivity (Wildman–Crippen MR) is 87.3 cm³/mol. The Morgan fingerprint density at radius 1 is 1.32 bits per heavy atom. The fourth-order valence-electron chi connectivity index (χ4n) is 2.96. The lowest BCUT2D eigenvalue weighted by Gasteiger charge is -2.23. The normalized spacial score (nSPS) is 18.2. The number of carboxylic acid groups (broad SMARTS) is 1. The number of nitrogens with zero attached hydrogens (tertiary/aromatic N) is 3. The van der Waals surface area contributed by atoms with E-state index in [2.05, 4.69) is 10.4 Å². The fraction of sp³-hybridized carbons (Fsp3) is 0.353. The molecule has 25 heavy (non-hydrogen) atoms. The van der Waals surface area contributed by atoms with Gasteiger partial charge in [0.05, 0.1) is 18.2 Å². The van der Waals surface area contributed by atoms with E-state index in [4.69, 9.17) is 5.11 Å². The number of carboxylic acids is 1. The second-order valence-electron chi connectivity index (χ2n) is 6.15. The summed E-state index contributed by atoms with van der Waals surface area (Å²) in [6.07, 6.45) is 3.85. The fourth-order valence-corrected chi connectivity index (χ4v) is 2.96. The minimum atomic E-state index is -0.891. The van der Waals surface area contributed by atoms with Gasteiger partial charge in [-0.2, -0.15) is 5.10 Å². The van der Waals surface area contributed by atoms with Crippen LogP contribution in [0.4, 0.5) is 9.18 Å². The van der Waals surface area contributed by atoms with E-state index in [0.29, 0.717) is 13.0 Å². The third-order valence-electron chi connectivity index (χ3n) is 4.35. The molecule has 2 heterocycles. The van der Waals surface area contributed by atoms with Gasteiger partial charge >= 0.3 is 12.0 Å². The van der Waals surface area contributed by atoms with Gasteiger partial charge in [-0.3, -0.25) is 9.48 Å². The molecule has 2 amide bonds. The van der Waals surface area contributed by atoms with Crippen LogP contribution < -0.4 is 5.32 Å². The number of hydrogen-bond acceptors (Lipinski definition) is 3. The zero-order chi connectivity index (χ0) is 18.0. The number of urea groups is 1. The summed E-state index contributed by atoms with van der Waals surface area (Å²) in [5.74, 6) is -1.78. The molecule has 2 N–H and O–H groups in total. The van der Waals surface area contributed by atoms with E-state index in [1.54, 1.807) is 36.3 Å². The van der Waals surface area contributed by atoms with Crippen molar-refractivity contribution in [2.75, 3.05) is 13.1 Å². The van der Waals surface area contributed by atoms with E-state index in [0.717, 1.165) is 11.1 Å². The molecule has 2 unspecified atom stereocenters. The highest BCUT2D eigenvalue weighted by atomic mass is 19.1. The van der Waals surface area contributed by atoms with E-state index in [9.17, 15) is 14.0 Å². The van der Waals surface area contributed by atoms with Crippen LogP contribution in [0.25, 0.3) is 0 Å². The van der Waals surface area contributed by atoms with Crippen molar-refractivity contribution >= 4 is 12.0 Å². The van der Waals surface area contributed by atoms with Crippen LogP contribution in [0.1, 0.15) is 23.6 Å². The number of halogens is 1. The zero-order valence-electron chi connectivity index (χ0n) is 13.7. The van der Waals surface area contributed by atoms with Crippen LogP contribution in [0.15, 0.2) is 36.7 Å². The predicted octanol–water partition coefficient (Wildman–Crippen LogP) is 1.76. The summed E-state index contributed by atoms with van der Waals surface area (Å²) >= 11 is 0. The Balaban J connectivity index is 1.79. The first kappa shape index (κ1) is 16.9. The Bertz CT molecular complexity index is 774. The lowest BCUT2D eigenvalue weighted by molar-refractivity contribution is -0.141. The number of aromatic nitrogens is 2. The summed E-state index contributed by atoms with van der Waals surface area (Å²) in [7, 11) is 1.77. The van der Waals surface area contributed by atoms with Crippen molar-refractivity contribution < 1.29 is 19.1 Å². The molecule has 2 aromatic rings. The third kappa shape index (κ3) is 3.78. The van der Waals surface area contributed by atoms with E-state index in [1.807, 2.05) is 0 Å². The van der Waals surface area contributed by atoms with Crippen LogP contribution in [0.5, 0.6) is 0 Å². The second-order valence-corrected chi connectivity index (χ2v) is 6.15. The molecule has 1 aliphatic heterocycles. The van der Waals surface area contributed by atoms with E-state index in [-0.39, 0.29) is 18.4 Å². The first-order chi connectivity index (χ1) is 11.9. The van der Waals surface area contributed by atoms with Gasteiger partial charge in [-0.05, 0) is 24.1 Å². The number of carbonyl (C=O) groups excluding carboxylic acids is 1. The Labute approximate surface area is 144 Å². The van der Waals surface area contributed by atoms with Crippen molar-refractivity contribution in [2.45, 2.75) is 12.5 Å². The maximum atomic E-state index is 13.2. The van der Waals surface area contributed by atoms with E-state index < -0.39 is 17.9 Å². The molecule has 0 saturated carbocycles. The second kappa shape index (κ2) is 6.92. The van der Waals surface area contributed by atoms with Crippen LogP contribution >= 0.6 is 0 Å². The van der Waals surface area contributed by atoms with Gasteiger partial charge in [0.1, 0.15) is 5.82 Å². The molecule has 2 atom stereocenters. The van der Waals surface area contributed by atoms with Crippen molar-refractivity contribution in [3.05, 3.63) is 53.6 Å². The quantitative estimate of drug-likeness (QED) is 0.883. The molecule has 1 aliphatic rings. The summed E-state index contributed by atoms with van der Waals surface area (Å²) in [5, 5.41) is 16.1. The summed E-state index contributed by atoms with van der Waals surface area (Å²) in [4.78, 5) is 25.1. The van der Waals surface area contributed by atoms with Gasteiger partial charge in [-0.15, -0.1) is 0 Å². The average Bonchev–Trinajstić information content (AvgIpc) is 3.22. The molecule has 0 aliphatic carbocycles. The van der Waals surface area contributed by atoms with Gasteiger partial charge in [0.25, 0.3) is 0 Å². The SMILES string of the molecule is Cn1cc(C(NC(=O)N2CCC(C(=O)O)C2)c2ccc(F)cc2)cn1. The van der Waals surface area contributed by atoms with Gasteiger partial charge < -0.3 is 15.3 Å². The average molecular weight is 346 g/mol. The molecule has 8 heteroatoms. The molecule has 1 fully saturated rings. The van der Waals surface area contributed by atoms with E-state index in [1.165, 1.54) is 17.0 Å². The smallest absolute Gasteiger partial charge is 0.318 e. The molecule has 7 nitrogen and oxygen atoms in total. The monoisotopic (exact) mass is 346 g/mol. The highest BCUT2D eigenvalue weighted by Crippen LogP contribution is 2.23. The number of nitrogens with one attached hydrogen (secondary N) is 1. The van der Waals surface area contributed by atoms with Crippen molar-refractivity contribution in [3.8, 4) is 0 Å². The van der Waals surface area contributed by atoms with Crippen molar-refractivity contribution in [1.82, 2.24) is 20.0 Å². The van der Waals surface area contributed by atoms with Crippen LogP contribution in [-0.2, 0) is 11.8 Å². The molecule has 1 saturated heterocycles. The lowest BCUT2D eigenvalue weighted by Crippen LogP contribution is -2.41. The lowest BCUT2D eigenvalue weighted by atomic mass is 10.0. The van der Waals surface area contributed by atoms with Crippen molar-refractivity contribution in [2.24, 2.45) is 13.0 Å². The highest BCUT2D eigenvalue weighted by molar-refractivity contribution is 5.78. The number of hydrogen-bond donors (Lipinski definition) is 2. The number of carbonyl (C=O) groups is 2. The van der Waals surface area contributed by atoms with Crippen LogP contribution in [-0.4, -0.2) is 44.9 Å². The van der Waals surface area contributed by atoms with E-state index >= 15 is 0 Å². The van der Waals surface area contributed by atoms with Crippen LogP contribution in [0, 0.1) is 11.7 Å². The van der Waals surface area contributed by atoms with Crippen molar-refractivity contribution in [3.63, 3.8) is 0 Å². The number of aryl methyl sites for hydroxylation is 1. The standard InChI is InChI=1S/C17H19FN4O3/c1-21-9-13(8-19-21)15(11-2-4-14(18)5-3-11)20-17(25)22-7-6-12(10-22)16(23)24/h2-5,8-9,12,15H,6-7,10H2,1H3,(H,20,25)(H,23,24). The zero-order valence-corrected chi connectivity index (χ0v) is 13.7. The van der Waals surface area contributed by atoms with Gasteiger partial charge in [-0.1, -0.05) is 12.1 Å². The van der Waals surface area contributed by atoms with Crippen LogP contribution in [0.3, 0.4) is 0 Å². The molecule has 0 radical (unpaired) electrons. The first-order valence-corrected chi connectivity index (χ1v) is 7.96. The number of aliphatic carboxylic acids is 1. The minimum Gasteiger partial charge on any atom is -0.481 e. The Kier molecular flexibility index (Phi) is 4.69. The topological polar surface area (TPSA) is 87.5 Å². The Morgan fingerprint density at radius 2 is 2.04 bits per heavy atom. The maximum Gasteiger partial charge on any atom is 0.318 e. The number of likely N-dealkylation sites (tertiary alicyclic amines) is 1. The summed E-state index contributed by atoms with van der Waals surface area (Å²) in [5.41, 5.74) is 1.48.